The quantitative estimate of drug-likeness (QED) is 0.605. The molecule has 74 valence electrons. The van der Waals surface area contributed by atoms with Crippen LogP contribution >= 0.6 is 0 Å². The first kappa shape index (κ1) is 9.04. The van der Waals surface area contributed by atoms with Gasteiger partial charge in [-0.15, -0.1) is 0 Å². The zero-order valence-electron chi connectivity index (χ0n) is 8.90. The standard InChI is InChI=1S/C11H20N2/c1-4-9-5-6-10-7-12-13(3)11(10)8(9)2/h7-11H,4-6H2,1-3H3. The SMILES string of the molecule is CCC1CCC2C=NN(C)C2C1C. The lowest BCUT2D eigenvalue weighted by molar-refractivity contribution is 0.0915. The minimum Gasteiger partial charge on any atom is -0.296 e. The average molecular weight is 180 g/mol. The molecule has 0 aromatic carbocycles. The smallest absolute Gasteiger partial charge is 0.0573 e. The van der Waals surface area contributed by atoms with Crippen molar-refractivity contribution in [3.05, 3.63) is 0 Å². The lowest BCUT2D eigenvalue weighted by atomic mass is 9.71. The molecule has 0 radical (unpaired) electrons. The number of hydrazone groups is 1. The van der Waals surface area contributed by atoms with E-state index in [1.807, 2.05) is 0 Å². The van der Waals surface area contributed by atoms with Crippen molar-refractivity contribution in [2.45, 2.75) is 39.2 Å². The van der Waals surface area contributed by atoms with E-state index in [0.717, 1.165) is 17.8 Å². The minimum absolute atomic E-state index is 0.693. The van der Waals surface area contributed by atoms with Gasteiger partial charge in [0.15, 0.2) is 0 Å². The van der Waals surface area contributed by atoms with Crippen molar-refractivity contribution in [3.8, 4) is 0 Å². The average Bonchev–Trinajstić information content (AvgIpc) is 2.49. The second-order valence-electron chi connectivity index (χ2n) is 4.60. The highest BCUT2D eigenvalue weighted by Crippen LogP contribution is 2.39. The maximum absolute atomic E-state index is 4.41. The van der Waals surface area contributed by atoms with E-state index in [4.69, 9.17) is 0 Å². The van der Waals surface area contributed by atoms with Crippen LogP contribution in [0.2, 0.25) is 0 Å². The minimum atomic E-state index is 0.693. The Bertz CT molecular complexity index is 212. The third-order valence-electron chi connectivity index (χ3n) is 3.99. The van der Waals surface area contributed by atoms with Gasteiger partial charge in [-0.3, -0.25) is 5.01 Å². The summed E-state index contributed by atoms with van der Waals surface area (Å²) < 4.78 is 0. The Morgan fingerprint density at radius 2 is 2.23 bits per heavy atom. The van der Waals surface area contributed by atoms with E-state index in [1.54, 1.807) is 0 Å². The molecule has 2 nitrogen and oxygen atoms in total. The molecular weight excluding hydrogens is 160 g/mol. The van der Waals surface area contributed by atoms with Crippen LogP contribution in [0, 0.1) is 17.8 Å². The molecule has 0 bridgehead atoms. The zero-order chi connectivity index (χ0) is 9.42. The molecule has 1 aliphatic heterocycles. The molecule has 1 saturated carbocycles. The maximum atomic E-state index is 4.41. The van der Waals surface area contributed by atoms with Crippen molar-refractivity contribution in [2.24, 2.45) is 22.9 Å². The maximum Gasteiger partial charge on any atom is 0.0573 e. The van der Waals surface area contributed by atoms with E-state index in [9.17, 15) is 0 Å². The van der Waals surface area contributed by atoms with Crippen LogP contribution in [0.25, 0.3) is 0 Å². The van der Waals surface area contributed by atoms with Gasteiger partial charge in [0.2, 0.25) is 0 Å². The predicted octanol–water partition coefficient (Wildman–Crippen LogP) is 2.36. The molecular formula is C11H20N2. The Kier molecular flexibility index (Phi) is 2.31. The van der Waals surface area contributed by atoms with E-state index < -0.39 is 0 Å². The Labute approximate surface area is 81.0 Å². The van der Waals surface area contributed by atoms with Crippen molar-refractivity contribution in [1.82, 2.24) is 5.01 Å². The topological polar surface area (TPSA) is 15.6 Å². The zero-order valence-corrected chi connectivity index (χ0v) is 8.90. The molecule has 0 amide bonds. The first-order valence-corrected chi connectivity index (χ1v) is 5.51. The van der Waals surface area contributed by atoms with Crippen molar-refractivity contribution in [3.63, 3.8) is 0 Å². The highest BCUT2D eigenvalue weighted by molar-refractivity contribution is 5.64. The van der Waals surface area contributed by atoms with Gasteiger partial charge in [0, 0.05) is 19.2 Å². The fourth-order valence-electron chi connectivity index (χ4n) is 3.13. The molecule has 0 N–H and O–H groups in total. The third-order valence-corrected chi connectivity index (χ3v) is 3.99. The number of nitrogens with zero attached hydrogens (tertiary/aromatic N) is 2. The highest BCUT2D eigenvalue weighted by Gasteiger charge is 2.40. The molecule has 2 rings (SSSR count). The van der Waals surface area contributed by atoms with E-state index in [0.29, 0.717) is 6.04 Å². The van der Waals surface area contributed by atoms with Gasteiger partial charge in [-0.05, 0) is 24.7 Å². The van der Waals surface area contributed by atoms with Gasteiger partial charge in [-0.1, -0.05) is 20.3 Å². The van der Waals surface area contributed by atoms with Gasteiger partial charge in [0.1, 0.15) is 0 Å². The van der Waals surface area contributed by atoms with Crippen LogP contribution < -0.4 is 0 Å². The van der Waals surface area contributed by atoms with Gasteiger partial charge >= 0.3 is 0 Å². The van der Waals surface area contributed by atoms with E-state index >= 15 is 0 Å². The Hall–Kier alpha value is -0.530. The summed E-state index contributed by atoms with van der Waals surface area (Å²) in [5.74, 6) is 2.48. The van der Waals surface area contributed by atoms with Crippen LogP contribution in [0.1, 0.15) is 33.1 Å². The number of fused-ring (bicyclic) bond motifs is 1. The molecule has 4 unspecified atom stereocenters. The van der Waals surface area contributed by atoms with Crippen molar-refractivity contribution in [1.29, 1.82) is 0 Å². The van der Waals surface area contributed by atoms with Crippen molar-refractivity contribution < 1.29 is 0 Å². The first-order chi connectivity index (χ1) is 6.24. The largest absolute Gasteiger partial charge is 0.296 e. The molecule has 2 aliphatic rings. The molecule has 0 aromatic rings. The van der Waals surface area contributed by atoms with Crippen LogP contribution in [-0.2, 0) is 0 Å². The summed E-state index contributed by atoms with van der Waals surface area (Å²) in [6.07, 6.45) is 6.24. The molecule has 1 heterocycles. The predicted molar refractivity (Wildman–Crippen MR) is 55.7 cm³/mol. The van der Waals surface area contributed by atoms with Crippen LogP contribution in [0.3, 0.4) is 0 Å². The summed E-state index contributed by atoms with van der Waals surface area (Å²) in [6, 6.07) is 0.693. The van der Waals surface area contributed by atoms with Gasteiger partial charge in [-0.25, -0.2) is 0 Å². The molecule has 2 heteroatoms. The summed E-state index contributed by atoms with van der Waals surface area (Å²) in [5, 5.41) is 6.59. The van der Waals surface area contributed by atoms with E-state index in [-0.39, 0.29) is 0 Å². The molecule has 13 heavy (non-hydrogen) atoms. The Morgan fingerprint density at radius 1 is 1.46 bits per heavy atom. The van der Waals surface area contributed by atoms with E-state index in [2.05, 4.69) is 37.2 Å². The van der Waals surface area contributed by atoms with Crippen molar-refractivity contribution >= 4 is 6.21 Å². The Morgan fingerprint density at radius 3 is 2.92 bits per heavy atom. The second kappa shape index (κ2) is 3.32. The van der Waals surface area contributed by atoms with Crippen molar-refractivity contribution in [2.75, 3.05) is 7.05 Å². The van der Waals surface area contributed by atoms with Crippen LogP contribution in [0.15, 0.2) is 5.10 Å². The summed E-state index contributed by atoms with van der Waals surface area (Å²) in [5.41, 5.74) is 0. The van der Waals surface area contributed by atoms with Gasteiger partial charge in [0.05, 0.1) is 6.04 Å². The second-order valence-corrected chi connectivity index (χ2v) is 4.60. The summed E-state index contributed by atoms with van der Waals surface area (Å²) in [4.78, 5) is 0. The van der Waals surface area contributed by atoms with Crippen LogP contribution in [0.5, 0.6) is 0 Å². The van der Waals surface area contributed by atoms with Gasteiger partial charge < -0.3 is 0 Å². The summed E-state index contributed by atoms with van der Waals surface area (Å²) in [7, 11) is 2.12. The van der Waals surface area contributed by atoms with Crippen LogP contribution in [-0.4, -0.2) is 24.3 Å². The number of rotatable bonds is 1. The molecule has 4 atom stereocenters. The highest BCUT2D eigenvalue weighted by atomic mass is 15.5. The van der Waals surface area contributed by atoms with Gasteiger partial charge in [0.25, 0.3) is 0 Å². The molecule has 0 saturated heterocycles. The van der Waals surface area contributed by atoms with Crippen LogP contribution in [0.4, 0.5) is 0 Å². The van der Waals surface area contributed by atoms with E-state index in [1.165, 1.54) is 19.3 Å². The lowest BCUT2D eigenvalue weighted by Crippen LogP contribution is -2.42. The summed E-state index contributed by atoms with van der Waals surface area (Å²) >= 11 is 0. The van der Waals surface area contributed by atoms with Gasteiger partial charge in [-0.2, -0.15) is 5.10 Å². The molecule has 1 fully saturated rings. The Balaban J connectivity index is 2.11. The molecule has 0 spiro atoms. The number of hydrogen-bond donors (Lipinski definition) is 0. The molecule has 0 aromatic heterocycles. The fourth-order valence-corrected chi connectivity index (χ4v) is 3.13. The normalized spacial score (nSPS) is 43.8. The third kappa shape index (κ3) is 1.36. The monoisotopic (exact) mass is 180 g/mol. The summed E-state index contributed by atoms with van der Waals surface area (Å²) in [6.45, 7) is 4.72. The number of hydrogen-bond acceptors (Lipinski definition) is 2. The lowest BCUT2D eigenvalue weighted by Gasteiger charge is -2.39. The molecule has 1 aliphatic carbocycles. The first-order valence-electron chi connectivity index (χ1n) is 5.51. The fraction of sp³-hybridized carbons (Fsp3) is 0.909.